The standard InChI is InChI=1S/C45H50F4N6O6S/c1-28-11-12-32(37(43(4,5)42(56)60-26-31-9-7-6-8-10-31)35-15-20-55-38(30(35)3)51-52-41(55)45(47,48)49)24-33(28)25-54-27-44(16-17-44)61-40-36(62(54,57)58)23-29(2)39(50-40)59-22-21-53-18-13-34(46)14-19-53/h6-12,15,20,23-24,34,37H,13-14,16-19,21-22,25-27H2,1-5H3. The number of halogens is 4. The highest BCUT2D eigenvalue weighted by Gasteiger charge is 2.53. The molecule has 330 valence electrons. The number of piperidine rings is 1. The van der Waals surface area contributed by atoms with Crippen molar-refractivity contribution in [3.63, 3.8) is 0 Å². The third-order valence-electron chi connectivity index (χ3n) is 12.4. The maximum Gasteiger partial charge on any atom is 0.452 e. The van der Waals surface area contributed by atoms with Crippen molar-refractivity contribution in [2.24, 2.45) is 5.41 Å². The quantitative estimate of drug-likeness (QED) is 0.0902. The van der Waals surface area contributed by atoms with Crippen LogP contribution in [0.2, 0.25) is 0 Å². The van der Waals surface area contributed by atoms with E-state index in [1.807, 2.05) is 55.5 Å². The molecule has 5 aromatic rings. The van der Waals surface area contributed by atoms with Gasteiger partial charge in [-0.25, -0.2) is 12.8 Å². The number of ether oxygens (including phenoxy) is 3. The van der Waals surface area contributed by atoms with E-state index in [4.69, 9.17) is 14.2 Å². The van der Waals surface area contributed by atoms with E-state index in [1.165, 1.54) is 16.6 Å². The van der Waals surface area contributed by atoms with E-state index in [0.717, 1.165) is 15.5 Å². The van der Waals surface area contributed by atoms with Crippen molar-refractivity contribution in [1.82, 2.24) is 28.8 Å². The molecule has 1 unspecified atom stereocenters. The van der Waals surface area contributed by atoms with Gasteiger partial charge in [0.15, 0.2) is 5.65 Å². The lowest BCUT2D eigenvalue weighted by Crippen LogP contribution is -2.38. The fraction of sp³-hybridized carbons (Fsp3) is 0.467. The van der Waals surface area contributed by atoms with Crippen LogP contribution in [0.5, 0.6) is 11.8 Å². The van der Waals surface area contributed by atoms with Crippen LogP contribution in [0.3, 0.4) is 0 Å². The molecule has 5 heterocycles. The van der Waals surface area contributed by atoms with Gasteiger partial charge in [0.05, 0.1) is 12.0 Å². The molecule has 1 spiro atoms. The van der Waals surface area contributed by atoms with Crippen LogP contribution in [0.25, 0.3) is 5.65 Å². The van der Waals surface area contributed by atoms with E-state index in [1.54, 1.807) is 33.8 Å². The SMILES string of the molecule is Cc1ccc(C(c2ccn3c(C(F)(F)F)nnc3c2C)C(C)(C)C(=O)OCc2ccccc2)cc1CN1CC2(CC2)Oc2nc(OCCN3CCC(F)CC3)c(C)cc2S1(=O)=O. The van der Waals surface area contributed by atoms with Gasteiger partial charge in [-0.2, -0.15) is 22.5 Å². The minimum Gasteiger partial charge on any atom is -0.476 e. The Morgan fingerprint density at radius 3 is 2.40 bits per heavy atom. The number of likely N-dealkylation sites (tertiary alicyclic amines) is 1. The van der Waals surface area contributed by atoms with Crippen molar-refractivity contribution >= 4 is 21.6 Å². The number of nitrogens with zero attached hydrogens (tertiary/aromatic N) is 6. The molecule has 2 aliphatic heterocycles. The molecule has 1 aliphatic carbocycles. The van der Waals surface area contributed by atoms with Gasteiger partial charge in [0, 0.05) is 43.9 Å². The highest BCUT2D eigenvalue weighted by Crippen LogP contribution is 2.48. The monoisotopic (exact) mass is 878 g/mol. The normalized spacial score (nSPS) is 18.5. The molecule has 2 fully saturated rings. The number of rotatable bonds is 12. The Kier molecular flexibility index (Phi) is 11.6. The molecule has 0 bridgehead atoms. The Hall–Kier alpha value is -5.13. The van der Waals surface area contributed by atoms with Gasteiger partial charge in [-0.1, -0.05) is 48.5 Å². The molecule has 8 rings (SSSR count). The second kappa shape index (κ2) is 16.5. The predicted molar refractivity (Wildman–Crippen MR) is 221 cm³/mol. The number of aromatic nitrogens is 4. The van der Waals surface area contributed by atoms with Gasteiger partial charge in [-0.05, 0) is 106 Å². The number of aryl methyl sites for hydroxylation is 3. The summed E-state index contributed by atoms with van der Waals surface area (Å²) >= 11 is 0. The van der Waals surface area contributed by atoms with Gasteiger partial charge in [-0.15, -0.1) is 10.2 Å². The van der Waals surface area contributed by atoms with E-state index < -0.39 is 51.1 Å². The number of carbonyl (C=O) groups excluding carboxylic acids is 1. The Labute approximate surface area is 358 Å². The Morgan fingerprint density at radius 2 is 1.71 bits per heavy atom. The summed E-state index contributed by atoms with van der Waals surface area (Å²) in [7, 11) is -4.19. The average molecular weight is 879 g/mol. The van der Waals surface area contributed by atoms with Crippen LogP contribution in [0.1, 0.15) is 90.2 Å². The number of pyridine rings is 2. The van der Waals surface area contributed by atoms with Crippen LogP contribution in [-0.2, 0) is 38.9 Å². The minimum absolute atomic E-state index is 0.00669. The molecule has 62 heavy (non-hydrogen) atoms. The molecule has 3 aliphatic rings. The first kappa shape index (κ1) is 43.5. The predicted octanol–water partition coefficient (Wildman–Crippen LogP) is 7.90. The largest absolute Gasteiger partial charge is 0.476 e. The van der Waals surface area contributed by atoms with Crippen LogP contribution in [-0.4, -0.2) is 87.7 Å². The molecule has 0 amide bonds. The number of hydrogen-bond acceptors (Lipinski definition) is 10. The second-order valence-electron chi connectivity index (χ2n) is 17.4. The van der Waals surface area contributed by atoms with Crippen molar-refractivity contribution in [3.05, 3.63) is 112 Å². The van der Waals surface area contributed by atoms with E-state index in [2.05, 4.69) is 20.1 Å². The Morgan fingerprint density at radius 1 is 0.984 bits per heavy atom. The third-order valence-corrected chi connectivity index (χ3v) is 14.2. The van der Waals surface area contributed by atoms with Gasteiger partial charge in [-0.3, -0.25) is 14.1 Å². The first-order chi connectivity index (χ1) is 29.4. The molecule has 3 aromatic heterocycles. The summed E-state index contributed by atoms with van der Waals surface area (Å²) in [5.41, 5.74) is 2.19. The number of alkyl halides is 4. The molecular formula is C45H50F4N6O6S. The zero-order chi connectivity index (χ0) is 44.2. The lowest BCUT2D eigenvalue weighted by Gasteiger charge is -2.34. The number of benzene rings is 2. The van der Waals surface area contributed by atoms with E-state index in [0.29, 0.717) is 79.7 Å². The number of hydrogen-bond donors (Lipinski definition) is 0. The van der Waals surface area contributed by atoms with Crippen molar-refractivity contribution in [3.8, 4) is 11.8 Å². The van der Waals surface area contributed by atoms with Crippen LogP contribution in [0, 0.1) is 26.2 Å². The number of fused-ring (bicyclic) bond motifs is 2. The summed E-state index contributed by atoms with van der Waals surface area (Å²) in [5, 5.41) is 7.36. The molecular weight excluding hydrogens is 829 g/mol. The lowest BCUT2D eigenvalue weighted by molar-refractivity contribution is -0.156. The number of sulfonamides is 1. The zero-order valence-corrected chi connectivity index (χ0v) is 36.2. The highest BCUT2D eigenvalue weighted by molar-refractivity contribution is 7.89. The van der Waals surface area contributed by atoms with E-state index in [9.17, 15) is 30.8 Å². The van der Waals surface area contributed by atoms with Crippen molar-refractivity contribution in [2.75, 3.05) is 32.8 Å². The first-order valence-electron chi connectivity index (χ1n) is 20.8. The third kappa shape index (κ3) is 8.63. The Balaban J connectivity index is 1.12. The summed E-state index contributed by atoms with van der Waals surface area (Å²) in [5.74, 6) is -2.25. The highest BCUT2D eigenvalue weighted by atomic mass is 32.2. The van der Waals surface area contributed by atoms with Crippen LogP contribution < -0.4 is 9.47 Å². The first-order valence-corrected chi connectivity index (χ1v) is 22.2. The molecule has 1 saturated carbocycles. The summed E-state index contributed by atoms with van der Waals surface area (Å²) < 4.78 is 105. The van der Waals surface area contributed by atoms with Gasteiger partial charge in [0.1, 0.15) is 29.9 Å². The lowest BCUT2D eigenvalue weighted by atomic mass is 9.70. The zero-order valence-electron chi connectivity index (χ0n) is 35.3. The van der Waals surface area contributed by atoms with Gasteiger partial charge >= 0.3 is 12.1 Å². The molecule has 0 radical (unpaired) electrons. The Bertz CT molecular complexity index is 2590. The van der Waals surface area contributed by atoms with Crippen LogP contribution in [0.4, 0.5) is 17.6 Å². The molecule has 1 atom stereocenters. The summed E-state index contributed by atoms with van der Waals surface area (Å²) in [4.78, 5) is 20.9. The second-order valence-corrected chi connectivity index (χ2v) is 19.3. The molecule has 0 N–H and O–H groups in total. The molecule has 2 aromatic carbocycles. The van der Waals surface area contributed by atoms with Crippen LogP contribution in [0.15, 0.2) is 71.8 Å². The molecule has 12 nitrogen and oxygen atoms in total. The average Bonchev–Trinajstić information content (AvgIpc) is 3.84. The van der Waals surface area contributed by atoms with Crippen LogP contribution >= 0.6 is 0 Å². The molecule has 17 heteroatoms. The van der Waals surface area contributed by atoms with E-state index >= 15 is 0 Å². The van der Waals surface area contributed by atoms with Gasteiger partial charge in [0.25, 0.3) is 0 Å². The number of esters is 1. The van der Waals surface area contributed by atoms with Crippen molar-refractivity contribution in [2.45, 2.75) is 102 Å². The van der Waals surface area contributed by atoms with Gasteiger partial charge < -0.3 is 14.2 Å². The fourth-order valence-electron chi connectivity index (χ4n) is 8.53. The summed E-state index contributed by atoms with van der Waals surface area (Å²) in [6.07, 6.45) is -2.06. The van der Waals surface area contributed by atoms with Crippen molar-refractivity contribution in [1.29, 1.82) is 0 Å². The molecule has 1 saturated heterocycles. The number of carbonyl (C=O) groups is 1. The summed E-state index contributed by atoms with van der Waals surface area (Å²) in [6, 6.07) is 17.8. The summed E-state index contributed by atoms with van der Waals surface area (Å²) in [6.45, 7) is 10.9. The maximum absolute atomic E-state index is 14.7. The topological polar surface area (TPSA) is 128 Å². The van der Waals surface area contributed by atoms with E-state index in [-0.39, 0.29) is 42.0 Å². The minimum atomic E-state index is -4.75. The smallest absolute Gasteiger partial charge is 0.452 e. The van der Waals surface area contributed by atoms with Gasteiger partial charge in [0.2, 0.25) is 27.6 Å². The maximum atomic E-state index is 14.7. The van der Waals surface area contributed by atoms with Crippen molar-refractivity contribution < 1.29 is 45.0 Å². The fourth-order valence-corrected chi connectivity index (χ4v) is 10.2.